The van der Waals surface area contributed by atoms with Crippen LogP contribution in [0.5, 0.6) is 0 Å². The molecule has 144 valence electrons. The summed E-state index contributed by atoms with van der Waals surface area (Å²) >= 11 is 0. The van der Waals surface area contributed by atoms with Gasteiger partial charge >= 0.3 is 0 Å². The van der Waals surface area contributed by atoms with Crippen molar-refractivity contribution in [2.24, 2.45) is 0 Å². The highest BCUT2D eigenvalue weighted by molar-refractivity contribution is 5.84. The molecule has 0 amide bonds. The van der Waals surface area contributed by atoms with Crippen LogP contribution in [-0.2, 0) is 6.42 Å². The SMILES string of the molecule is Cc1cccc(Nc2ccc3nc(NC4CCc5cc(F)ccc54)ccc3c2)n1. The molecule has 2 aromatic heterocycles. The number of pyridine rings is 2. The van der Waals surface area contributed by atoms with Crippen LogP contribution < -0.4 is 10.6 Å². The number of benzene rings is 2. The molecule has 0 bridgehead atoms. The Morgan fingerprint density at radius 3 is 2.76 bits per heavy atom. The minimum absolute atomic E-state index is 0.168. The lowest BCUT2D eigenvalue weighted by Crippen LogP contribution is -2.08. The average Bonchev–Trinajstić information content (AvgIpc) is 3.10. The number of nitrogens with one attached hydrogen (secondary N) is 2. The molecule has 0 saturated heterocycles. The normalized spacial score (nSPS) is 15.3. The number of hydrogen-bond donors (Lipinski definition) is 2. The number of hydrogen-bond acceptors (Lipinski definition) is 4. The lowest BCUT2D eigenvalue weighted by molar-refractivity contribution is 0.626. The van der Waals surface area contributed by atoms with E-state index in [0.29, 0.717) is 0 Å². The Bertz CT molecular complexity index is 1200. The fourth-order valence-electron chi connectivity index (χ4n) is 3.96. The zero-order chi connectivity index (χ0) is 19.8. The Labute approximate surface area is 168 Å². The molecule has 1 atom stereocenters. The predicted molar refractivity (Wildman–Crippen MR) is 115 cm³/mol. The van der Waals surface area contributed by atoms with Crippen molar-refractivity contribution in [2.75, 3.05) is 10.6 Å². The monoisotopic (exact) mass is 384 g/mol. The van der Waals surface area contributed by atoms with Gasteiger partial charge in [0, 0.05) is 16.8 Å². The summed E-state index contributed by atoms with van der Waals surface area (Å²) in [5.74, 6) is 1.49. The van der Waals surface area contributed by atoms with Crippen molar-refractivity contribution in [3.05, 3.63) is 89.4 Å². The van der Waals surface area contributed by atoms with E-state index in [4.69, 9.17) is 4.98 Å². The van der Waals surface area contributed by atoms with Crippen LogP contribution in [0.2, 0.25) is 0 Å². The molecule has 2 aromatic carbocycles. The highest BCUT2D eigenvalue weighted by Crippen LogP contribution is 2.34. The third kappa shape index (κ3) is 3.63. The largest absolute Gasteiger partial charge is 0.363 e. The first-order chi connectivity index (χ1) is 14.1. The molecule has 1 aliphatic rings. The van der Waals surface area contributed by atoms with Crippen molar-refractivity contribution < 1.29 is 4.39 Å². The van der Waals surface area contributed by atoms with Crippen LogP contribution in [0, 0.1) is 12.7 Å². The maximum atomic E-state index is 13.4. The van der Waals surface area contributed by atoms with Crippen molar-refractivity contribution in [1.29, 1.82) is 0 Å². The number of anilines is 3. The molecule has 2 N–H and O–H groups in total. The zero-order valence-corrected chi connectivity index (χ0v) is 16.1. The van der Waals surface area contributed by atoms with Gasteiger partial charge in [-0.05, 0) is 85.5 Å². The summed E-state index contributed by atoms with van der Waals surface area (Å²) in [4.78, 5) is 9.25. The molecule has 0 saturated carbocycles. The summed E-state index contributed by atoms with van der Waals surface area (Å²) in [6, 6.07) is 21.3. The van der Waals surface area contributed by atoms with Crippen LogP contribution in [0.4, 0.5) is 21.7 Å². The van der Waals surface area contributed by atoms with Crippen molar-refractivity contribution in [3.8, 4) is 0 Å². The van der Waals surface area contributed by atoms with Crippen LogP contribution in [0.25, 0.3) is 10.9 Å². The smallest absolute Gasteiger partial charge is 0.130 e. The number of nitrogens with zero attached hydrogens (tertiary/aromatic N) is 2. The highest BCUT2D eigenvalue weighted by Gasteiger charge is 2.23. The quantitative estimate of drug-likeness (QED) is 0.458. The molecule has 0 spiro atoms. The third-order valence-corrected chi connectivity index (χ3v) is 5.35. The van der Waals surface area contributed by atoms with E-state index < -0.39 is 0 Å². The summed E-state index contributed by atoms with van der Waals surface area (Å²) in [6.07, 6.45) is 1.84. The van der Waals surface area contributed by atoms with E-state index in [1.807, 2.05) is 49.4 Å². The first kappa shape index (κ1) is 17.6. The van der Waals surface area contributed by atoms with E-state index in [0.717, 1.165) is 52.3 Å². The molecule has 4 nitrogen and oxygen atoms in total. The van der Waals surface area contributed by atoms with Gasteiger partial charge in [0.1, 0.15) is 17.5 Å². The maximum Gasteiger partial charge on any atom is 0.130 e. The fourth-order valence-corrected chi connectivity index (χ4v) is 3.96. The van der Waals surface area contributed by atoms with Gasteiger partial charge in [0.2, 0.25) is 0 Å². The molecule has 5 heteroatoms. The Balaban J connectivity index is 1.36. The topological polar surface area (TPSA) is 49.8 Å². The Kier molecular flexibility index (Phi) is 4.35. The Hall–Kier alpha value is -3.47. The van der Waals surface area contributed by atoms with E-state index in [1.165, 1.54) is 11.6 Å². The Morgan fingerprint density at radius 2 is 1.86 bits per heavy atom. The number of rotatable bonds is 4. The van der Waals surface area contributed by atoms with Crippen LogP contribution in [0.15, 0.2) is 66.7 Å². The van der Waals surface area contributed by atoms with Gasteiger partial charge in [-0.3, -0.25) is 0 Å². The third-order valence-electron chi connectivity index (χ3n) is 5.35. The minimum Gasteiger partial charge on any atom is -0.363 e. The van der Waals surface area contributed by atoms with Crippen LogP contribution in [-0.4, -0.2) is 9.97 Å². The zero-order valence-electron chi connectivity index (χ0n) is 16.1. The first-order valence-electron chi connectivity index (χ1n) is 9.80. The molecule has 29 heavy (non-hydrogen) atoms. The van der Waals surface area contributed by atoms with Crippen molar-refractivity contribution >= 4 is 28.2 Å². The standard InChI is InChI=1S/C24H21FN4/c1-15-3-2-4-23(26-15)27-19-8-11-21-17(14-19)6-12-24(28-21)29-22-10-5-16-13-18(25)7-9-20(16)22/h2-4,6-9,11-14,22H,5,10H2,1H3,(H,26,27)(H,28,29). The molecule has 0 radical (unpaired) electrons. The minimum atomic E-state index is -0.168. The van der Waals surface area contributed by atoms with Gasteiger partial charge in [-0.2, -0.15) is 0 Å². The summed E-state index contributed by atoms with van der Waals surface area (Å²) in [7, 11) is 0. The predicted octanol–water partition coefficient (Wildman–Crippen LogP) is 5.92. The van der Waals surface area contributed by atoms with Crippen LogP contribution in [0.1, 0.15) is 29.3 Å². The molecule has 4 aromatic rings. The van der Waals surface area contributed by atoms with Crippen molar-refractivity contribution in [3.63, 3.8) is 0 Å². The van der Waals surface area contributed by atoms with Gasteiger partial charge in [-0.25, -0.2) is 14.4 Å². The Morgan fingerprint density at radius 1 is 0.931 bits per heavy atom. The van der Waals surface area contributed by atoms with E-state index >= 15 is 0 Å². The molecule has 5 rings (SSSR count). The number of halogens is 1. The lowest BCUT2D eigenvalue weighted by atomic mass is 10.1. The molecule has 2 heterocycles. The molecule has 0 aliphatic heterocycles. The number of fused-ring (bicyclic) bond motifs is 2. The van der Waals surface area contributed by atoms with Gasteiger partial charge < -0.3 is 10.6 Å². The molecule has 1 unspecified atom stereocenters. The second-order valence-corrected chi connectivity index (χ2v) is 7.47. The van der Waals surface area contributed by atoms with E-state index in [1.54, 1.807) is 6.07 Å². The second kappa shape index (κ2) is 7.17. The van der Waals surface area contributed by atoms with Gasteiger partial charge in [-0.15, -0.1) is 0 Å². The lowest BCUT2D eigenvalue weighted by Gasteiger charge is -2.15. The van der Waals surface area contributed by atoms with Crippen molar-refractivity contribution in [1.82, 2.24) is 9.97 Å². The van der Waals surface area contributed by atoms with E-state index in [-0.39, 0.29) is 11.9 Å². The van der Waals surface area contributed by atoms with E-state index in [9.17, 15) is 4.39 Å². The number of aromatic nitrogens is 2. The molecular formula is C24H21FN4. The highest BCUT2D eigenvalue weighted by atomic mass is 19.1. The summed E-state index contributed by atoms with van der Waals surface area (Å²) in [6.45, 7) is 1.98. The van der Waals surface area contributed by atoms with Crippen molar-refractivity contribution in [2.45, 2.75) is 25.8 Å². The van der Waals surface area contributed by atoms with Crippen LogP contribution >= 0.6 is 0 Å². The summed E-state index contributed by atoms with van der Waals surface area (Å²) < 4.78 is 13.4. The fraction of sp³-hybridized carbons (Fsp3) is 0.167. The summed E-state index contributed by atoms with van der Waals surface area (Å²) in [5.41, 5.74) is 5.13. The van der Waals surface area contributed by atoms with Crippen LogP contribution in [0.3, 0.4) is 0 Å². The average molecular weight is 384 g/mol. The van der Waals surface area contributed by atoms with Gasteiger partial charge in [0.25, 0.3) is 0 Å². The summed E-state index contributed by atoms with van der Waals surface area (Å²) in [5, 5.41) is 7.91. The molecule has 1 aliphatic carbocycles. The van der Waals surface area contributed by atoms with Gasteiger partial charge in [0.05, 0.1) is 11.6 Å². The van der Waals surface area contributed by atoms with Gasteiger partial charge in [-0.1, -0.05) is 12.1 Å². The first-order valence-corrected chi connectivity index (χ1v) is 9.80. The van der Waals surface area contributed by atoms with E-state index in [2.05, 4.69) is 27.8 Å². The second-order valence-electron chi connectivity index (χ2n) is 7.47. The molecule has 0 fully saturated rings. The van der Waals surface area contributed by atoms with Gasteiger partial charge in [0.15, 0.2) is 0 Å². The molecular weight excluding hydrogens is 363 g/mol. The number of aryl methyl sites for hydroxylation is 2. The maximum absolute atomic E-state index is 13.4.